The molecule has 1 fully saturated rings. The Morgan fingerprint density at radius 2 is 2.10 bits per heavy atom. The first-order valence-corrected chi connectivity index (χ1v) is 7.73. The van der Waals surface area contributed by atoms with Crippen molar-refractivity contribution in [1.82, 2.24) is 14.7 Å². The summed E-state index contributed by atoms with van der Waals surface area (Å²) in [6.45, 7) is 4.83. The van der Waals surface area contributed by atoms with Gasteiger partial charge < -0.3 is 5.11 Å². The maximum atomic E-state index is 9.77. The predicted molar refractivity (Wildman–Crippen MR) is 83.2 cm³/mol. The van der Waals surface area contributed by atoms with Gasteiger partial charge in [0.05, 0.1) is 17.5 Å². The summed E-state index contributed by atoms with van der Waals surface area (Å²) < 4.78 is 1.92. The van der Waals surface area contributed by atoms with Crippen LogP contribution in [0.2, 0.25) is 0 Å². The Kier molecular flexibility index (Phi) is 4.36. The molecule has 0 aliphatic carbocycles. The van der Waals surface area contributed by atoms with E-state index in [9.17, 15) is 5.11 Å². The molecule has 2 aromatic rings. The van der Waals surface area contributed by atoms with E-state index >= 15 is 0 Å². The maximum absolute atomic E-state index is 9.77. The lowest BCUT2D eigenvalue weighted by molar-refractivity contribution is 0.0594. The molecule has 1 saturated heterocycles. The van der Waals surface area contributed by atoms with Gasteiger partial charge in [-0.2, -0.15) is 5.10 Å². The van der Waals surface area contributed by atoms with Crippen molar-refractivity contribution in [3.05, 3.63) is 48.3 Å². The second-order valence-corrected chi connectivity index (χ2v) is 5.97. The summed E-state index contributed by atoms with van der Waals surface area (Å²) in [4.78, 5) is 2.40. The molecule has 21 heavy (non-hydrogen) atoms. The lowest BCUT2D eigenvalue weighted by atomic mass is 9.93. The minimum Gasteiger partial charge on any atom is -0.393 e. The smallest absolute Gasteiger partial charge is 0.0769 e. The van der Waals surface area contributed by atoms with Gasteiger partial charge >= 0.3 is 0 Å². The highest BCUT2D eigenvalue weighted by Crippen LogP contribution is 2.21. The first kappa shape index (κ1) is 14.3. The molecule has 0 amide bonds. The number of aliphatic hydroxyl groups excluding tert-OH is 1. The van der Waals surface area contributed by atoms with Crippen LogP contribution in [0.25, 0.3) is 5.69 Å². The molecule has 1 aromatic carbocycles. The summed E-state index contributed by atoms with van der Waals surface area (Å²) in [5.74, 6) is 0.398. The van der Waals surface area contributed by atoms with Crippen LogP contribution in [0.1, 0.15) is 25.5 Å². The van der Waals surface area contributed by atoms with Crippen molar-refractivity contribution in [2.75, 3.05) is 13.1 Å². The average Bonchev–Trinajstić information content (AvgIpc) is 2.97. The lowest BCUT2D eigenvalue weighted by Gasteiger charge is -2.33. The third-order valence-electron chi connectivity index (χ3n) is 4.27. The van der Waals surface area contributed by atoms with E-state index in [1.54, 1.807) is 0 Å². The molecule has 0 spiro atoms. The van der Waals surface area contributed by atoms with Crippen molar-refractivity contribution in [3.63, 3.8) is 0 Å². The molecule has 1 N–H and O–H groups in total. The summed E-state index contributed by atoms with van der Waals surface area (Å²) in [6, 6.07) is 12.3. The quantitative estimate of drug-likeness (QED) is 0.938. The molecule has 1 aromatic heterocycles. The van der Waals surface area contributed by atoms with Crippen LogP contribution in [0.4, 0.5) is 0 Å². The summed E-state index contributed by atoms with van der Waals surface area (Å²) in [5, 5.41) is 14.4. The number of aromatic nitrogens is 2. The van der Waals surface area contributed by atoms with E-state index < -0.39 is 0 Å². The number of hydrogen-bond acceptors (Lipinski definition) is 3. The van der Waals surface area contributed by atoms with Crippen molar-refractivity contribution >= 4 is 0 Å². The third kappa shape index (κ3) is 3.52. The number of para-hydroxylation sites is 1. The summed E-state index contributed by atoms with van der Waals surface area (Å²) >= 11 is 0. The zero-order chi connectivity index (χ0) is 14.7. The average molecular weight is 285 g/mol. The molecule has 2 heterocycles. The fourth-order valence-electron chi connectivity index (χ4n) is 3.03. The largest absolute Gasteiger partial charge is 0.393 e. The van der Waals surface area contributed by atoms with E-state index in [0.717, 1.165) is 43.9 Å². The number of benzene rings is 1. The minimum absolute atomic E-state index is 0.213. The summed E-state index contributed by atoms with van der Waals surface area (Å²) in [7, 11) is 0. The zero-order valence-corrected chi connectivity index (χ0v) is 12.5. The predicted octanol–water partition coefficient (Wildman–Crippen LogP) is 2.47. The Bertz CT molecular complexity index is 564. The van der Waals surface area contributed by atoms with E-state index in [0.29, 0.717) is 5.92 Å². The number of nitrogens with zero attached hydrogens (tertiary/aromatic N) is 3. The number of hydrogen-bond donors (Lipinski definition) is 1. The van der Waals surface area contributed by atoms with Crippen molar-refractivity contribution in [3.8, 4) is 5.69 Å². The van der Waals surface area contributed by atoms with Crippen LogP contribution >= 0.6 is 0 Å². The molecule has 0 radical (unpaired) electrons. The molecule has 4 nitrogen and oxygen atoms in total. The molecule has 1 aliphatic heterocycles. The van der Waals surface area contributed by atoms with E-state index in [1.165, 1.54) is 0 Å². The van der Waals surface area contributed by atoms with Gasteiger partial charge in [-0.3, -0.25) is 4.90 Å². The van der Waals surface area contributed by atoms with Gasteiger partial charge in [-0.05, 0) is 50.4 Å². The number of rotatable bonds is 4. The minimum atomic E-state index is -0.213. The molecule has 112 valence electrons. The Balaban J connectivity index is 1.65. The first-order valence-electron chi connectivity index (χ1n) is 7.73. The van der Waals surface area contributed by atoms with Gasteiger partial charge in [-0.1, -0.05) is 18.2 Å². The van der Waals surface area contributed by atoms with E-state index in [4.69, 9.17) is 0 Å². The first-order chi connectivity index (χ1) is 10.2. The lowest BCUT2D eigenvalue weighted by Crippen LogP contribution is -2.39. The molecule has 1 aliphatic rings. The highest BCUT2D eigenvalue weighted by molar-refractivity contribution is 5.30. The van der Waals surface area contributed by atoms with Crippen LogP contribution in [-0.4, -0.2) is 39.0 Å². The van der Waals surface area contributed by atoms with Gasteiger partial charge in [-0.25, -0.2) is 4.68 Å². The SMILES string of the molecule is CC(O)C1CCCN(Cc2ccn(-c3ccccc3)n2)C1. The zero-order valence-electron chi connectivity index (χ0n) is 12.5. The van der Waals surface area contributed by atoms with Crippen molar-refractivity contribution in [1.29, 1.82) is 0 Å². The van der Waals surface area contributed by atoms with Crippen molar-refractivity contribution in [2.45, 2.75) is 32.4 Å². The third-order valence-corrected chi connectivity index (χ3v) is 4.27. The van der Waals surface area contributed by atoms with Crippen LogP contribution in [0.3, 0.4) is 0 Å². The molecular formula is C17H23N3O. The Labute approximate surface area is 126 Å². The fraction of sp³-hybridized carbons (Fsp3) is 0.471. The van der Waals surface area contributed by atoms with E-state index in [1.807, 2.05) is 36.0 Å². The monoisotopic (exact) mass is 285 g/mol. The summed E-state index contributed by atoms with van der Waals surface area (Å²) in [6.07, 6.45) is 4.09. The highest BCUT2D eigenvalue weighted by Gasteiger charge is 2.23. The molecule has 4 heteroatoms. The molecule has 0 bridgehead atoms. The molecule has 3 rings (SSSR count). The van der Waals surface area contributed by atoms with E-state index in [2.05, 4.69) is 28.2 Å². The van der Waals surface area contributed by atoms with Gasteiger partial charge in [-0.15, -0.1) is 0 Å². The Morgan fingerprint density at radius 3 is 2.86 bits per heavy atom. The topological polar surface area (TPSA) is 41.3 Å². The summed E-state index contributed by atoms with van der Waals surface area (Å²) in [5.41, 5.74) is 2.18. The van der Waals surface area contributed by atoms with Crippen LogP contribution in [0.5, 0.6) is 0 Å². The molecular weight excluding hydrogens is 262 g/mol. The second kappa shape index (κ2) is 6.41. The van der Waals surface area contributed by atoms with Crippen LogP contribution < -0.4 is 0 Å². The van der Waals surface area contributed by atoms with Gasteiger partial charge in [0.25, 0.3) is 0 Å². The normalized spacial score (nSPS) is 21.3. The molecule has 2 atom stereocenters. The number of piperidine rings is 1. The molecule has 0 saturated carbocycles. The van der Waals surface area contributed by atoms with Crippen molar-refractivity contribution in [2.24, 2.45) is 5.92 Å². The van der Waals surface area contributed by atoms with Gasteiger partial charge in [0, 0.05) is 19.3 Å². The van der Waals surface area contributed by atoms with Gasteiger partial charge in [0.2, 0.25) is 0 Å². The van der Waals surface area contributed by atoms with Gasteiger partial charge in [0.1, 0.15) is 0 Å². The van der Waals surface area contributed by atoms with Crippen LogP contribution in [-0.2, 0) is 6.54 Å². The van der Waals surface area contributed by atoms with Gasteiger partial charge in [0.15, 0.2) is 0 Å². The second-order valence-electron chi connectivity index (χ2n) is 5.97. The van der Waals surface area contributed by atoms with Crippen LogP contribution in [0, 0.1) is 5.92 Å². The van der Waals surface area contributed by atoms with E-state index in [-0.39, 0.29) is 6.10 Å². The maximum Gasteiger partial charge on any atom is 0.0769 e. The number of aliphatic hydroxyl groups is 1. The molecule has 2 unspecified atom stereocenters. The number of likely N-dealkylation sites (tertiary alicyclic amines) is 1. The highest BCUT2D eigenvalue weighted by atomic mass is 16.3. The standard InChI is InChI=1S/C17H23N3O/c1-14(21)15-6-5-10-19(12-15)13-16-9-11-20(18-16)17-7-3-2-4-8-17/h2-4,7-9,11,14-15,21H,5-6,10,12-13H2,1H3. The van der Waals surface area contributed by atoms with Crippen LogP contribution in [0.15, 0.2) is 42.6 Å². The Hall–Kier alpha value is -1.65. The fourth-order valence-corrected chi connectivity index (χ4v) is 3.03. The van der Waals surface area contributed by atoms with Crippen molar-refractivity contribution < 1.29 is 5.11 Å². The Morgan fingerprint density at radius 1 is 1.29 bits per heavy atom.